The number of halogens is 1. The van der Waals surface area contributed by atoms with Crippen LogP contribution in [0.25, 0.3) is 0 Å². The lowest BCUT2D eigenvalue weighted by Gasteiger charge is -2.13. The fourth-order valence-corrected chi connectivity index (χ4v) is 4.45. The average molecular weight is 516 g/mol. The van der Waals surface area contributed by atoms with Gasteiger partial charge in [0.2, 0.25) is 5.91 Å². The van der Waals surface area contributed by atoms with Crippen LogP contribution >= 0.6 is 11.6 Å². The number of unbranched alkanes of at least 4 members (excludes halogenated alkanes) is 7. The summed E-state index contributed by atoms with van der Waals surface area (Å²) in [6, 6.07) is 9.45. The number of nitrogens with one attached hydrogen (secondary N) is 1. The number of hydrogen-bond donors (Lipinski definition) is 1. The van der Waals surface area contributed by atoms with Crippen LogP contribution < -0.4 is 10.1 Å². The van der Waals surface area contributed by atoms with Crippen LogP contribution in [0.3, 0.4) is 0 Å². The highest BCUT2D eigenvalue weighted by Crippen LogP contribution is 2.35. The molecule has 3 amide bonds. The van der Waals surface area contributed by atoms with Crippen LogP contribution in [0.15, 0.2) is 36.4 Å². The zero-order chi connectivity index (χ0) is 26.1. The molecule has 0 bridgehead atoms. The molecule has 1 aliphatic rings. The quantitative estimate of drug-likeness (QED) is 0.142. The van der Waals surface area contributed by atoms with E-state index in [9.17, 15) is 24.5 Å². The Hall–Kier alpha value is -3.46. The van der Waals surface area contributed by atoms with Crippen molar-refractivity contribution in [1.29, 1.82) is 0 Å². The Morgan fingerprint density at radius 3 is 2.08 bits per heavy atom. The maximum Gasteiger partial charge on any atom is 0.291 e. The first kappa shape index (κ1) is 27.1. The van der Waals surface area contributed by atoms with Crippen molar-refractivity contribution in [1.82, 2.24) is 4.90 Å². The second-order valence-corrected chi connectivity index (χ2v) is 9.10. The Morgan fingerprint density at radius 1 is 0.972 bits per heavy atom. The minimum absolute atomic E-state index is 0.0696. The van der Waals surface area contributed by atoms with Gasteiger partial charge in [-0.05, 0) is 31.0 Å². The number of nitro groups is 1. The van der Waals surface area contributed by atoms with E-state index in [1.165, 1.54) is 24.1 Å². The van der Waals surface area contributed by atoms with Crippen molar-refractivity contribution in [2.75, 3.05) is 19.0 Å². The Labute approximate surface area is 214 Å². The first-order valence-corrected chi connectivity index (χ1v) is 12.5. The van der Waals surface area contributed by atoms with Crippen molar-refractivity contribution in [2.45, 2.75) is 57.8 Å². The van der Waals surface area contributed by atoms with Gasteiger partial charge in [0.05, 0.1) is 34.9 Å². The molecule has 36 heavy (non-hydrogen) atoms. The number of anilines is 1. The molecule has 0 aromatic heterocycles. The van der Waals surface area contributed by atoms with Crippen molar-refractivity contribution in [3.8, 4) is 5.75 Å². The lowest BCUT2D eigenvalue weighted by Crippen LogP contribution is -2.30. The first-order chi connectivity index (χ1) is 17.3. The molecule has 2 aromatic carbocycles. The molecular formula is C26H30ClN3O6. The number of amides is 3. The van der Waals surface area contributed by atoms with Crippen molar-refractivity contribution < 1.29 is 24.0 Å². The second-order valence-electron chi connectivity index (χ2n) is 8.70. The van der Waals surface area contributed by atoms with Crippen molar-refractivity contribution in [2.24, 2.45) is 0 Å². The third kappa shape index (κ3) is 6.81. The summed E-state index contributed by atoms with van der Waals surface area (Å²) in [5, 5.41) is 13.6. The molecule has 3 rings (SSSR count). The van der Waals surface area contributed by atoms with Crippen LogP contribution in [0.5, 0.6) is 5.75 Å². The number of methoxy groups -OCH3 is 1. The predicted octanol–water partition coefficient (Wildman–Crippen LogP) is 6.00. The van der Waals surface area contributed by atoms with Crippen molar-refractivity contribution >= 4 is 40.7 Å². The average Bonchev–Trinajstić information content (AvgIpc) is 3.10. The number of hydrogen-bond acceptors (Lipinski definition) is 6. The van der Waals surface area contributed by atoms with Crippen LogP contribution in [0.4, 0.5) is 11.4 Å². The fraction of sp³-hybridized carbons (Fsp3) is 0.423. The molecule has 0 unspecified atom stereocenters. The summed E-state index contributed by atoms with van der Waals surface area (Å²) >= 11 is 5.93. The van der Waals surface area contributed by atoms with Gasteiger partial charge in [-0.1, -0.05) is 62.3 Å². The van der Waals surface area contributed by atoms with Crippen LogP contribution in [-0.4, -0.2) is 41.2 Å². The molecule has 0 saturated heterocycles. The lowest BCUT2D eigenvalue weighted by molar-refractivity contribution is -0.384. The topological polar surface area (TPSA) is 119 Å². The molecule has 1 aliphatic heterocycles. The van der Waals surface area contributed by atoms with Gasteiger partial charge in [0.25, 0.3) is 17.5 Å². The summed E-state index contributed by atoms with van der Waals surface area (Å²) in [5.74, 6) is -0.418. The molecule has 0 spiro atoms. The van der Waals surface area contributed by atoms with Gasteiger partial charge >= 0.3 is 0 Å². The number of fused-ring (bicyclic) bond motifs is 1. The Balaban J connectivity index is 1.25. The summed E-state index contributed by atoms with van der Waals surface area (Å²) < 4.78 is 5.13. The summed E-state index contributed by atoms with van der Waals surface area (Å²) in [4.78, 5) is 48.7. The van der Waals surface area contributed by atoms with Gasteiger partial charge in [0.15, 0.2) is 0 Å². The van der Waals surface area contributed by atoms with E-state index in [1.54, 1.807) is 24.3 Å². The smallest absolute Gasteiger partial charge is 0.291 e. The molecule has 0 saturated carbocycles. The van der Waals surface area contributed by atoms with Crippen LogP contribution in [0, 0.1) is 10.1 Å². The van der Waals surface area contributed by atoms with E-state index in [1.807, 2.05) is 0 Å². The van der Waals surface area contributed by atoms with Crippen LogP contribution in [0.1, 0.15) is 78.5 Å². The van der Waals surface area contributed by atoms with Gasteiger partial charge in [-0.25, -0.2) is 0 Å². The summed E-state index contributed by atoms with van der Waals surface area (Å²) in [7, 11) is 1.37. The van der Waals surface area contributed by atoms with Gasteiger partial charge in [-0.2, -0.15) is 0 Å². The van der Waals surface area contributed by atoms with Gasteiger partial charge < -0.3 is 10.1 Å². The van der Waals surface area contributed by atoms with Crippen LogP contribution in [-0.2, 0) is 4.79 Å². The Bertz CT molecular complexity index is 1100. The minimum Gasteiger partial charge on any atom is -0.494 e. The minimum atomic E-state index is -0.606. The maximum absolute atomic E-state index is 12.3. The third-order valence-corrected chi connectivity index (χ3v) is 6.46. The van der Waals surface area contributed by atoms with Gasteiger partial charge in [0, 0.05) is 13.0 Å². The van der Waals surface area contributed by atoms with E-state index in [4.69, 9.17) is 16.3 Å². The molecule has 0 fully saturated rings. The molecule has 2 aromatic rings. The predicted molar refractivity (Wildman–Crippen MR) is 137 cm³/mol. The molecule has 1 N–H and O–H groups in total. The number of imide groups is 1. The molecule has 0 atom stereocenters. The number of nitro benzene ring substituents is 1. The molecule has 9 nitrogen and oxygen atoms in total. The number of nitrogens with zero attached hydrogens (tertiary/aromatic N) is 2. The lowest BCUT2D eigenvalue weighted by atomic mass is 10.1. The number of carbonyl (C=O) groups excluding carboxylic acids is 3. The van der Waals surface area contributed by atoms with E-state index in [0.717, 1.165) is 51.4 Å². The first-order valence-electron chi connectivity index (χ1n) is 12.1. The molecule has 0 aliphatic carbocycles. The van der Waals surface area contributed by atoms with Gasteiger partial charge in [-0.3, -0.25) is 29.4 Å². The molecule has 10 heteroatoms. The molecule has 1 heterocycles. The molecular weight excluding hydrogens is 486 g/mol. The van der Waals surface area contributed by atoms with Gasteiger partial charge in [-0.15, -0.1) is 0 Å². The van der Waals surface area contributed by atoms with E-state index in [-0.39, 0.29) is 34.2 Å². The van der Waals surface area contributed by atoms with Gasteiger partial charge in [0.1, 0.15) is 10.8 Å². The summed E-state index contributed by atoms with van der Waals surface area (Å²) in [6.45, 7) is 0.451. The highest BCUT2D eigenvalue weighted by Gasteiger charge is 2.34. The zero-order valence-electron chi connectivity index (χ0n) is 20.3. The summed E-state index contributed by atoms with van der Waals surface area (Å²) in [5.41, 5.74) is 1.01. The monoisotopic (exact) mass is 515 g/mol. The van der Waals surface area contributed by atoms with Crippen molar-refractivity contribution in [3.05, 3.63) is 62.7 Å². The summed E-state index contributed by atoms with van der Waals surface area (Å²) in [6.07, 6.45) is 7.89. The number of ether oxygens (including phenoxy) is 1. The SMILES string of the molecule is COc1cc([N+](=O)[O-])c(Cl)cc1NC(=O)CCCCCCCCCCN1C(=O)c2ccccc2C1=O. The molecule has 192 valence electrons. The number of benzene rings is 2. The second kappa shape index (κ2) is 13.0. The van der Waals surface area contributed by atoms with E-state index in [0.29, 0.717) is 29.8 Å². The van der Waals surface area contributed by atoms with E-state index >= 15 is 0 Å². The van der Waals surface area contributed by atoms with E-state index in [2.05, 4.69) is 5.32 Å². The third-order valence-electron chi connectivity index (χ3n) is 6.15. The zero-order valence-corrected chi connectivity index (χ0v) is 21.0. The highest BCUT2D eigenvalue weighted by atomic mass is 35.5. The molecule has 0 radical (unpaired) electrons. The Morgan fingerprint density at radius 2 is 1.53 bits per heavy atom. The fourth-order valence-electron chi connectivity index (χ4n) is 4.22. The van der Waals surface area contributed by atoms with E-state index < -0.39 is 4.92 Å². The largest absolute Gasteiger partial charge is 0.494 e. The Kier molecular flexibility index (Phi) is 9.81. The van der Waals surface area contributed by atoms with Crippen molar-refractivity contribution in [3.63, 3.8) is 0 Å². The number of carbonyl (C=O) groups is 3. The standard InChI is InChI=1S/C26H30ClN3O6/c1-36-23-17-22(30(34)35)20(27)16-21(23)28-24(31)14-8-6-4-2-3-5-7-11-15-29-25(32)18-12-9-10-13-19(18)26(29)33/h9-10,12-13,16-17H,2-8,11,14-15H2,1H3,(H,28,31). The number of rotatable bonds is 14. The normalized spacial score (nSPS) is 12.6. The van der Waals surface area contributed by atoms with Crippen LogP contribution in [0.2, 0.25) is 5.02 Å². The maximum atomic E-state index is 12.3. The highest BCUT2D eigenvalue weighted by molar-refractivity contribution is 6.33.